The molecule has 8 heteroatoms. The summed E-state index contributed by atoms with van der Waals surface area (Å²) in [5.41, 5.74) is 2.15. The number of ether oxygens (including phenoxy) is 1. The van der Waals surface area contributed by atoms with Gasteiger partial charge in [-0.3, -0.25) is 9.59 Å². The van der Waals surface area contributed by atoms with Gasteiger partial charge >= 0.3 is 0 Å². The van der Waals surface area contributed by atoms with E-state index in [-0.39, 0.29) is 24.2 Å². The highest BCUT2D eigenvalue weighted by Crippen LogP contribution is 2.30. The van der Waals surface area contributed by atoms with Gasteiger partial charge in [-0.1, -0.05) is 30.5 Å². The first-order chi connectivity index (χ1) is 16.6. The van der Waals surface area contributed by atoms with Gasteiger partial charge in [0.15, 0.2) is 0 Å². The summed E-state index contributed by atoms with van der Waals surface area (Å²) in [5, 5.41) is 7.04. The predicted octanol–water partition coefficient (Wildman–Crippen LogP) is 4.53. The number of carbonyl (C=O) groups is 2. The third kappa shape index (κ3) is 4.66. The van der Waals surface area contributed by atoms with Crippen LogP contribution in [0.1, 0.15) is 38.5 Å². The molecule has 2 aromatic carbocycles. The van der Waals surface area contributed by atoms with Crippen LogP contribution in [0.25, 0.3) is 22.8 Å². The fourth-order valence-electron chi connectivity index (χ4n) is 4.83. The first kappa shape index (κ1) is 22.1. The minimum absolute atomic E-state index is 0.0951. The zero-order chi connectivity index (χ0) is 23.5. The van der Waals surface area contributed by atoms with Crippen molar-refractivity contribution in [1.29, 1.82) is 0 Å². The van der Waals surface area contributed by atoms with Gasteiger partial charge in [0.25, 0.3) is 5.89 Å². The standard InChI is InChI=1S/C26H28N4O4/c1-33-22-12-10-17(11-13-22)24-28-26(34-29-24)18-6-5-7-20(14-18)27-25(32)19-15-23(31)30(16-19)21-8-3-2-4-9-21/h5-7,10-14,19,21H,2-4,8-9,15-16H2,1H3,(H,27,32)/t19-/m1/s1. The van der Waals surface area contributed by atoms with Crippen LogP contribution in [0.2, 0.25) is 0 Å². The lowest BCUT2D eigenvalue weighted by molar-refractivity contribution is -0.130. The van der Waals surface area contributed by atoms with E-state index in [0.29, 0.717) is 35.6 Å². The summed E-state index contributed by atoms with van der Waals surface area (Å²) in [7, 11) is 1.62. The second-order valence-electron chi connectivity index (χ2n) is 8.96. The number of nitrogens with one attached hydrogen (secondary N) is 1. The molecule has 8 nitrogen and oxygen atoms in total. The number of aromatic nitrogens is 2. The molecule has 0 spiro atoms. The van der Waals surface area contributed by atoms with Crippen molar-refractivity contribution in [3.8, 4) is 28.6 Å². The van der Waals surface area contributed by atoms with Crippen molar-refractivity contribution in [2.75, 3.05) is 19.0 Å². The van der Waals surface area contributed by atoms with E-state index in [1.807, 2.05) is 47.4 Å². The maximum atomic E-state index is 12.9. The molecule has 0 unspecified atom stereocenters. The van der Waals surface area contributed by atoms with Crippen LogP contribution < -0.4 is 10.1 Å². The smallest absolute Gasteiger partial charge is 0.258 e. The zero-order valence-electron chi connectivity index (χ0n) is 19.2. The van der Waals surface area contributed by atoms with Crippen LogP contribution >= 0.6 is 0 Å². The Hall–Kier alpha value is -3.68. The van der Waals surface area contributed by atoms with E-state index < -0.39 is 0 Å². The van der Waals surface area contributed by atoms with E-state index in [1.54, 1.807) is 13.2 Å². The quantitative estimate of drug-likeness (QED) is 0.580. The fraction of sp³-hybridized carbons (Fsp3) is 0.385. The topological polar surface area (TPSA) is 97.6 Å². The number of rotatable bonds is 6. The third-order valence-electron chi connectivity index (χ3n) is 6.70. The minimum Gasteiger partial charge on any atom is -0.497 e. The second-order valence-corrected chi connectivity index (χ2v) is 8.96. The van der Waals surface area contributed by atoms with Crippen LogP contribution in [-0.4, -0.2) is 46.6 Å². The molecular weight excluding hydrogens is 432 g/mol. The van der Waals surface area contributed by atoms with Gasteiger partial charge in [-0.05, 0) is 55.3 Å². The number of anilines is 1. The second kappa shape index (κ2) is 9.67. The van der Waals surface area contributed by atoms with Gasteiger partial charge in [-0.15, -0.1) is 0 Å². The molecular formula is C26H28N4O4. The molecule has 1 aromatic heterocycles. The molecule has 1 aliphatic carbocycles. The lowest BCUT2D eigenvalue weighted by atomic mass is 9.94. The van der Waals surface area contributed by atoms with E-state index in [9.17, 15) is 9.59 Å². The third-order valence-corrected chi connectivity index (χ3v) is 6.70. The Balaban J connectivity index is 1.25. The van der Waals surface area contributed by atoms with E-state index in [0.717, 1.165) is 37.0 Å². The number of nitrogens with zero attached hydrogens (tertiary/aromatic N) is 3. The van der Waals surface area contributed by atoms with Crippen LogP contribution in [0.15, 0.2) is 53.1 Å². The fourth-order valence-corrected chi connectivity index (χ4v) is 4.83. The lowest BCUT2D eigenvalue weighted by Gasteiger charge is -2.31. The summed E-state index contributed by atoms with van der Waals surface area (Å²) in [6, 6.07) is 15.0. The summed E-state index contributed by atoms with van der Waals surface area (Å²) >= 11 is 0. The largest absolute Gasteiger partial charge is 0.497 e. The first-order valence-corrected chi connectivity index (χ1v) is 11.8. The van der Waals surface area contributed by atoms with Crippen LogP contribution in [-0.2, 0) is 9.59 Å². The highest BCUT2D eigenvalue weighted by atomic mass is 16.5. The molecule has 0 radical (unpaired) electrons. The van der Waals surface area contributed by atoms with E-state index in [1.165, 1.54) is 6.42 Å². The lowest BCUT2D eigenvalue weighted by Crippen LogP contribution is -2.38. The molecule has 1 N–H and O–H groups in total. The van der Waals surface area contributed by atoms with E-state index in [4.69, 9.17) is 9.26 Å². The molecule has 176 valence electrons. The van der Waals surface area contributed by atoms with Crippen molar-refractivity contribution < 1.29 is 18.8 Å². The summed E-state index contributed by atoms with van der Waals surface area (Å²) in [4.78, 5) is 31.9. The zero-order valence-corrected chi connectivity index (χ0v) is 19.2. The van der Waals surface area contributed by atoms with Crippen LogP contribution in [0.3, 0.4) is 0 Å². The number of methoxy groups -OCH3 is 1. The van der Waals surface area contributed by atoms with Crippen LogP contribution in [0, 0.1) is 5.92 Å². The van der Waals surface area contributed by atoms with Crippen LogP contribution in [0.5, 0.6) is 5.75 Å². The van der Waals surface area contributed by atoms with Crippen molar-refractivity contribution in [2.24, 2.45) is 5.92 Å². The maximum absolute atomic E-state index is 12.9. The summed E-state index contributed by atoms with van der Waals surface area (Å²) < 4.78 is 10.6. The molecule has 5 rings (SSSR count). The molecule has 2 heterocycles. The van der Waals surface area contributed by atoms with E-state index in [2.05, 4.69) is 15.5 Å². The normalized spacial score (nSPS) is 18.8. The molecule has 2 fully saturated rings. The highest BCUT2D eigenvalue weighted by Gasteiger charge is 2.38. The Labute approximate surface area is 198 Å². The number of carbonyl (C=O) groups excluding carboxylic acids is 2. The molecule has 1 saturated heterocycles. The minimum atomic E-state index is -0.330. The predicted molar refractivity (Wildman–Crippen MR) is 127 cm³/mol. The van der Waals surface area contributed by atoms with E-state index >= 15 is 0 Å². The Kier molecular flexibility index (Phi) is 6.29. The molecule has 2 amide bonds. The molecule has 1 aliphatic heterocycles. The van der Waals surface area contributed by atoms with Crippen molar-refractivity contribution >= 4 is 17.5 Å². The molecule has 34 heavy (non-hydrogen) atoms. The first-order valence-electron chi connectivity index (χ1n) is 11.8. The maximum Gasteiger partial charge on any atom is 0.258 e. The average Bonchev–Trinajstić information content (AvgIpc) is 3.52. The molecule has 3 aromatic rings. The van der Waals surface area contributed by atoms with Gasteiger partial charge in [0, 0.05) is 35.8 Å². The molecule has 2 aliphatic rings. The molecule has 1 saturated carbocycles. The summed E-state index contributed by atoms with van der Waals surface area (Å²) in [5.74, 6) is 1.22. The molecule has 0 bridgehead atoms. The van der Waals surface area contributed by atoms with Crippen molar-refractivity contribution in [3.05, 3.63) is 48.5 Å². The number of likely N-dealkylation sites (tertiary alicyclic amines) is 1. The Bertz CT molecular complexity index is 1170. The Morgan fingerprint density at radius 1 is 1.09 bits per heavy atom. The Morgan fingerprint density at radius 2 is 1.88 bits per heavy atom. The van der Waals surface area contributed by atoms with Gasteiger partial charge < -0.3 is 19.5 Å². The van der Waals surface area contributed by atoms with Crippen molar-refractivity contribution in [1.82, 2.24) is 15.0 Å². The number of amides is 2. The summed E-state index contributed by atoms with van der Waals surface area (Å²) in [6.45, 7) is 0.504. The molecule has 1 atom stereocenters. The highest BCUT2D eigenvalue weighted by molar-refractivity contribution is 5.97. The summed E-state index contributed by atoms with van der Waals surface area (Å²) in [6.07, 6.45) is 5.93. The number of benzene rings is 2. The van der Waals surface area contributed by atoms with Crippen molar-refractivity contribution in [3.63, 3.8) is 0 Å². The average molecular weight is 461 g/mol. The SMILES string of the molecule is COc1ccc(-c2noc(-c3cccc(NC(=O)[C@@H]4CC(=O)N(C5CCCCC5)C4)c3)n2)cc1. The number of hydrogen-bond donors (Lipinski definition) is 1. The van der Waals surface area contributed by atoms with Gasteiger partial charge in [0.2, 0.25) is 17.6 Å². The van der Waals surface area contributed by atoms with Gasteiger partial charge in [0.05, 0.1) is 13.0 Å². The monoisotopic (exact) mass is 460 g/mol. The van der Waals surface area contributed by atoms with Gasteiger partial charge in [0.1, 0.15) is 5.75 Å². The van der Waals surface area contributed by atoms with Gasteiger partial charge in [-0.25, -0.2) is 0 Å². The number of hydrogen-bond acceptors (Lipinski definition) is 6. The Morgan fingerprint density at radius 3 is 2.65 bits per heavy atom. The van der Waals surface area contributed by atoms with Gasteiger partial charge in [-0.2, -0.15) is 4.98 Å². The van der Waals surface area contributed by atoms with Crippen LogP contribution in [0.4, 0.5) is 5.69 Å². The van der Waals surface area contributed by atoms with Crippen molar-refractivity contribution in [2.45, 2.75) is 44.6 Å².